The average Bonchev–Trinajstić information content (AvgIpc) is 3.01. The van der Waals surface area contributed by atoms with Crippen molar-refractivity contribution in [1.82, 2.24) is 4.98 Å². The molecule has 19 heavy (non-hydrogen) atoms. The van der Waals surface area contributed by atoms with Gasteiger partial charge in [0.1, 0.15) is 0 Å². The zero-order valence-electron chi connectivity index (χ0n) is 10.2. The van der Waals surface area contributed by atoms with Crippen molar-refractivity contribution in [2.45, 2.75) is 13.3 Å². The highest BCUT2D eigenvalue weighted by Gasteiger charge is 2.15. The number of benzene rings is 1. The molecule has 0 spiro atoms. The summed E-state index contributed by atoms with van der Waals surface area (Å²) in [6, 6.07) is 6.96. The van der Waals surface area contributed by atoms with Crippen LogP contribution in [0.5, 0.6) is 0 Å². The highest BCUT2D eigenvalue weighted by molar-refractivity contribution is 7.12. The predicted molar refractivity (Wildman–Crippen MR) is 74.0 cm³/mol. The normalized spacial score (nSPS) is 11.0. The molecule has 0 saturated heterocycles. The van der Waals surface area contributed by atoms with E-state index in [-0.39, 0.29) is 5.78 Å². The molecule has 0 aliphatic carbocycles. The second-order valence-electron chi connectivity index (χ2n) is 4.18. The summed E-state index contributed by atoms with van der Waals surface area (Å²) in [7, 11) is 0. The number of oxazole rings is 1. The van der Waals surface area contributed by atoms with Crippen molar-refractivity contribution in [3.8, 4) is 0 Å². The van der Waals surface area contributed by atoms with Gasteiger partial charge in [-0.3, -0.25) is 9.78 Å². The Morgan fingerprint density at radius 3 is 3.00 bits per heavy atom. The molecule has 2 heterocycles. The quantitative estimate of drug-likeness (QED) is 0.746. The molecule has 0 atom stereocenters. The fourth-order valence-corrected chi connectivity index (χ4v) is 2.99. The number of rotatable bonds is 3. The molecule has 0 aliphatic heterocycles. The zero-order chi connectivity index (χ0) is 13.4. The molecule has 4 nitrogen and oxygen atoms in total. The maximum Gasteiger partial charge on any atom is 0.417 e. The number of H-pyrrole nitrogens is 1. The molecule has 1 aromatic carbocycles. The van der Waals surface area contributed by atoms with Gasteiger partial charge in [-0.25, -0.2) is 4.79 Å². The van der Waals surface area contributed by atoms with Gasteiger partial charge in [0.2, 0.25) is 5.78 Å². The monoisotopic (exact) mass is 273 g/mol. The van der Waals surface area contributed by atoms with Gasteiger partial charge in [-0.05, 0) is 41.6 Å². The topological polar surface area (TPSA) is 63.1 Å². The third-order valence-corrected chi connectivity index (χ3v) is 3.97. The van der Waals surface area contributed by atoms with E-state index in [1.54, 1.807) is 18.2 Å². The summed E-state index contributed by atoms with van der Waals surface area (Å²) in [5.74, 6) is -0.539. The lowest BCUT2D eigenvalue weighted by atomic mass is 10.1. The lowest BCUT2D eigenvalue weighted by Crippen LogP contribution is -2.01. The second kappa shape index (κ2) is 4.51. The van der Waals surface area contributed by atoms with Crippen LogP contribution in [0, 0.1) is 0 Å². The number of ketones is 1. The summed E-state index contributed by atoms with van der Waals surface area (Å²) in [6.45, 7) is 2.02. The highest BCUT2D eigenvalue weighted by Crippen LogP contribution is 2.23. The minimum atomic E-state index is -0.509. The standard InChI is InChI=1S/C14H11NO3S/c1-2-8-5-6-19-13(8)12(16)9-3-4-10-11(7-9)18-14(17)15-10/h3-7H,2H2,1H3,(H,15,17). The minimum absolute atomic E-state index is 0.0300. The Bertz CT molecular complexity index is 809. The lowest BCUT2D eigenvalue weighted by Gasteiger charge is -2.01. The molecule has 3 rings (SSSR count). The zero-order valence-corrected chi connectivity index (χ0v) is 11.0. The number of aromatic nitrogens is 1. The molecule has 0 saturated carbocycles. The van der Waals surface area contributed by atoms with Gasteiger partial charge in [0.25, 0.3) is 0 Å². The Hall–Kier alpha value is -2.14. The molecule has 1 N–H and O–H groups in total. The Labute approximate surface area is 112 Å². The molecule has 0 bridgehead atoms. The van der Waals surface area contributed by atoms with Crippen LogP contribution in [0.3, 0.4) is 0 Å². The molecular formula is C14H11NO3S. The predicted octanol–water partition coefficient (Wildman–Crippen LogP) is 2.98. The molecule has 96 valence electrons. The van der Waals surface area contributed by atoms with Gasteiger partial charge >= 0.3 is 5.76 Å². The van der Waals surface area contributed by atoms with E-state index in [0.717, 1.165) is 16.9 Å². The van der Waals surface area contributed by atoms with Crippen LogP contribution in [0.2, 0.25) is 0 Å². The summed E-state index contributed by atoms with van der Waals surface area (Å²) in [6.07, 6.45) is 0.825. The Balaban J connectivity index is 2.08. The number of fused-ring (bicyclic) bond motifs is 1. The second-order valence-corrected chi connectivity index (χ2v) is 5.10. The van der Waals surface area contributed by atoms with Crippen LogP contribution in [-0.2, 0) is 6.42 Å². The number of thiophene rings is 1. The third-order valence-electron chi connectivity index (χ3n) is 3.02. The number of nitrogens with one attached hydrogen (secondary N) is 1. The van der Waals surface area contributed by atoms with E-state index in [4.69, 9.17) is 4.42 Å². The van der Waals surface area contributed by atoms with Crippen molar-refractivity contribution in [2.24, 2.45) is 0 Å². The molecule has 0 amide bonds. The van der Waals surface area contributed by atoms with Crippen LogP contribution in [-0.4, -0.2) is 10.8 Å². The summed E-state index contributed by atoms with van der Waals surface area (Å²) in [5, 5.41) is 1.92. The van der Waals surface area contributed by atoms with Crippen LogP contribution in [0.15, 0.2) is 38.9 Å². The number of carbonyl (C=O) groups is 1. The van der Waals surface area contributed by atoms with E-state index in [1.807, 2.05) is 18.4 Å². The van der Waals surface area contributed by atoms with Gasteiger partial charge in [-0.2, -0.15) is 0 Å². The first-order valence-corrected chi connectivity index (χ1v) is 6.81. The molecule has 0 radical (unpaired) electrons. The Morgan fingerprint density at radius 2 is 2.21 bits per heavy atom. The van der Waals surface area contributed by atoms with Crippen LogP contribution in [0.1, 0.15) is 27.7 Å². The van der Waals surface area contributed by atoms with E-state index >= 15 is 0 Å². The van der Waals surface area contributed by atoms with Crippen molar-refractivity contribution in [3.63, 3.8) is 0 Å². The molecular weight excluding hydrogens is 262 g/mol. The summed E-state index contributed by atoms with van der Waals surface area (Å²) in [5.41, 5.74) is 2.59. The fraction of sp³-hybridized carbons (Fsp3) is 0.143. The van der Waals surface area contributed by atoms with E-state index in [0.29, 0.717) is 16.7 Å². The van der Waals surface area contributed by atoms with Gasteiger partial charge in [0.05, 0.1) is 10.4 Å². The van der Waals surface area contributed by atoms with E-state index in [2.05, 4.69) is 4.98 Å². The van der Waals surface area contributed by atoms with Crippen molar-refractivity contribution >= 4 is 28.2 Å². The first kappa shape index (κ1) is 11.9. The molecule has 0 unspecified atom stereocenters. The van der Waals surface area contributed by atoms with Gasteiger partial charge < -0.3 is 4.42 Å². The molecule has 0 fully saturated rings. The third kappa shape index (κ3) is 2.02. The van der Waals surface area contributed by atoms with Gasteiger partial charge in [-0.1, -0.05) is 6.92 Å². The first-order chi connectivity index (χ1) is 9.19. The van der Waals surface area contributed by atoms with Gasteiger partial charge in [-0.15, -0.1) is 11.3 Å². The lowest BCUT2D eigenvalue weighted by molar-refractivity contribution is 0.104. The van der Waals surface area contributed by atoms with Gasteiger partial charge in [0.15, 0.2) is 5.58 Å². The molecule has 5 heteroatoms. The summed E-state index contributed by atoms with van der Waals surface area (Å²) >= 11 is 1.44. The SMILES string of the molecule is CCc1ccsc1C(=O)c1ccc2[nH]c(=O)oc2c1. The van der Waals surface area contributed by atoms with Crippen molar-refractivity contribution in [1.29, 1.82) is 0 Å². The van der Waals surface area contributed by atoms with Crippen molar-refractivity contribution in [3.05, 3.63) is 56.2 Å². The van der Waals surface area contributed by atoms with Crippen molar-refractivity contribution < 1.29 is 9.21 Å². The molecule has 0 aliphatic rings. The van der Waals surface area contributed by atoms with E-state index in [1.165, 1.54) is 11.3 Å². The van der Waals surface area contributed by atoms with E-state index < -0.39 is 5.76 Å². The highest BCUT2D eigenvalue weighted by atomic mass is 32.1. The van der Waals surface area contributed by atoms with Crippen LogP contribution >= 0.6 is 11.3 Å². The average molecular weight is 273 g/mol. The van der Waals surface area contributed by atoms with Crippen LogP contribution in [0.4, 0.5) is 0 Å². The number of hydrogen-bond acceptors (Lipinski definition) is 4. The minimum Gasteiger partial charge on any atom is -0.408 e. The van der Waals surface area contributed by atoms with Gasteiger partial charge in [0, 0.05) is 5.56 Å². The Kier molecular flexibility index (Phi) is 2.83. The molecule has 2 aromatic heterocycles. The largest absolute Gasteiger partial charge is 0.417 e. The fourth-order valence-electron chi connectivity index (χ4n) is 2.03. The van der Waals surface area contributed by atoms with Crippen molar-refractivity contribution in [2.75, 3.05) is 0 Å². The maximum atomic E-state index is 12.4. The number of aryl methyl sites for hydroxylation is 1. The molecule has 3 aromatic rings. The summed E-state index contributed by atoms with van der Waals surface area (Å²) < 4.78 is 4.97. The van der Waals surface area contributed by atoms with Crippen LogP contribution < -0.4 is 5.76 Å². The number of carbonyl (C=O) groups excluding carboxylic acids is 1. The first-order valence-electron chi connectivity index (χ1n) is 5.93. The maximum absolute atomic E-state index is 12.4. The van der Waals surface area contributed by atoms with Crippen LogP contribution in [0.25, 0.3) is 11.1 Å². The van der Waals surface area contributed by atoms with E-state index in [9.17, 15) is 9.59 Å². The Morgan fingerprint density at radius 1 is 1.37 bits per heavy atom. The smallest absolute Gasteiger partial charge is 0.408 e. The summed E-state index contributed by atoms with van der Waals surface area (Å²) in [4.78, 5) is 26.8. The number of aromatic amines is 1. The number of hydrogen-bond donors (Lipinski definition) is 1.